The number of aromatic nitrogens is 1. The number of carbonyl (C=O) groups is 1. The Morgan fingerprint density at radius 1 is 1.71 bits per heavy atom. The maximum atomic E-state index is 11.1. The summed E-state index contributed by atoms with van der Waals surface area (Å²) in [5.74, 6) is -1.68. The second kappa shape index (κ2) is 3.95. The van der Waals surface area contributed by atoms with Crippen LogP contribution in [-0.2, 0) is 4.79 Å². The van der Waals surface area contributed by atoms with Crippen molar-refractivity contribution in [2.75, 3.05) is 5.73 Å². The Morgan fingerprint density at radius 2 is 2.36 bits per heavy atom. The molecule has 0 aliphatic heterocycles. The molecule has 14 heavy (non-hydrogen) atoms. The zero-order valence-electron chi connectivity index (χ0n) is 7.78. The van der Waals surface area contributed by atoms with Crippen LogP contribution in [-0.4, -0.2) is 16.1 Å². The minimum absolute atomic E-state index is 0.0123. The molecule has 0 spiro atoms. The number of hydrogen-bond donors (Lipinski definition) is 3. The highest BCUT2D eigenvalue weighted by atomic mass is 16.4. The summed E-state index contributed by atoms with van der Waals surface area (Å²) in [6.07, 6.45) is 1.81. The van der Waals surface area contributed by atoms with Crippen molar-refractivity contribution in [3.05, 3.63) is 28.2 Å². The van der Waals surface area contributed by atoms with Gasteiger partial charge in [-0.15, -0.1) is 0 Å². The molecule has 0 fully saturated rings. The normalized spacial score (nSPS) is 12.4. The lowest BCUT2D eigenvalue weighted by molar-refractivity contribution is -0.138. The van der Waals surface area contributed by atoms with E-state index in [1.807, 2.05) is 0 Å². The van der Waals surface area contributed by atoms with Crippen LogP contribution in [0.4, 0.5) is 5.69 Å². The van der Waals surface area contributed by atoms with Crippen LogP contribution in [0.25, 0.3) is 0 Å². The van der Waals surface area contributed by atoms with Crippen molar-refractivity contribution in [3.63, 3.8) is 0 Å². The van der Waals surface area contributed by atoms with Crippen molar-refractivity contribution in [2.45, 2.75) is 19.3 Å². The fourth-order valence-electron chi connectivity index (χ4n) is 1.34. The molecule has 1 unspecified atom stereocenters. The summed E-state index contributed by atoms with van der Waals surface area (Å²) in [6, 6.07) is 1.53. The van der Waals surface area contributed by atoms with Gasteiger partial charge in [0.25, 0.3) is 5.56 Å². The molecule has 0 aromatic carbocycles. The molecule has 76 valence electrons. The lowest BCUT2D eigenvalue weighted by Gasteiger charge is -2.11. The molecule has 1 atom stereocenters. The molecule has 0 radical (unpaired) electrons. The van der Waals surface area contributed by atoms with Crippen LogP contribution in [0.5, 0.6) is 0 Å². The summed E-state index contributed by atoms with van der Waals surface area (Å²) in [5, 5.41) is 8.87. The summed E-state index contributed by atoms with van der Waals surface area (Å²) in [7, 11) is 0. The number of aliphatic carboxylic acids is 1. The van der Waals surface area contributed by atoms with Gasteiger partial charge in [0.2, 0.25) is 0 Å². The molecular weight excluding hydrogens is 184 g/mol. The van der Waals surface area contributed by atoms with Crippen molar-refractivity contribution in [3.8, 4) is 0 Å². The smallest absolute Gasteiger partial charge is 0.311 e. The van der Waals surface area contributed by atoms with Gasteiger partial charge < -0.3 is 15.8 Å². The van der Waals surface area contributed by atoms with E-state index in [-0.39, 0.29) is 5.69 Å². The number of carboxylic acids is 1. The second-order valence-electron chi connectivity index (χ2n) is 2.97. The minimum atomic E-state index is -0.968. The van der Waals surface area contributed by atoms with E-state index in [4.69, 9.17) is 10.8 Å². The van der Waals surface area contributed by atoms with E-state index in [2.05, 4.69) is 4.98 Å². The van der Waals surface area contributed by atoms with Crippen LogP contribution in [0.3, 0.4) is 0 Å². The summed E-state index contributed by atoms with van der Waals surface area (Å²) < 4.78 is 0. The molecule has 4 N–H and O–H groups in total. The van der Waals surface area contributed by atoms with Gasteiger partial charge in [0.15, 0.2) is 0 Å². The van der Waals surface area contributed by atoms with E-state index in [1.165, 1.54) is 12.3 Å². The number of nitrogens with two attached hydrogens (primary N) is 1. The fraction of sp³-hybridized carbons (Fsp3) is 0.333. The van der Waals surface area contributed by atoms with Crippen LogP contribution < -0.4 is 11.3 Å². The van der Waals surface area contributed by atoms with Gasteiger partial charge in [-0.25, -0.2) is 0 Å². The molecule has 0 saturated heterocycles. The first kappa shape index (κ1) is 10.3. The Kier molecular flexibility index (Phi) is 2.91. The summed E-state index contributed by atoms with van der Waals surface area (Å²) in [4.78, 5) is 24.3. The average molecular weight is 196 g/mol. The maximum absolute atomic E-state index is 11.1. The highest BCUT2D eigenvalue weighted by molar-refractivity contribution is 5.78. The Labute approximate surface area is 80.6 Å². The Morgan fingerprint density at radius 3 is 2.86 bits per heavy atom. The molecular formula is C9H12N2O3. The number of rotatable bonds is 3. The molecule has 0 saturated carbocycles. The first-order valence-electron chi connectivity index (χ1n) is 4.27. The molecule has 1 heterocycles. The Bertz CT molecular complexity index is 397. The number of carboxylic acid groups (broad SMARTS) is 1. The molecule has 0 amide bonds. The van der Waals surface area contributed by atoms with Crippen LogP contribution in [0, 0.1) is 0 Å². The standard InChI is InChI=1S/C9H12N2O3/c1-2-5(9(13)14)6-3-4-11-8(12)7(6)10/h3-5H,2,10H2,1H3,(H,11,12)(H,13,14). The van der Waals surface area contributed by atoms with E-state index in [9.17, 15) is 9.59 Å². The lowest BCUT2D eigenvalue weighted by atomic mass is 9.96. The Balaban J connectivity index is 3.23. The van der Waals surface area contributed by atoms with E-state index in [0.717, 1.165) is 0 Å². The first-order chi connectivity index (χ1) is 6.57. The molecule has 0 bridgehead atoms. The van der Waals surface area contributed by atoms with Gasteiger partial charge in [-0.3, -0.25) is 9.59 Å². The quantitative estimate of drug-likeness (QED) is 0.657. The fourth-order valence-corrected chi connectivity index (χ4v) is 1.34. The second-order valence-corrected chi connectivity index (χ2v) is 2.97. The zero-order chi connectivity index (χ0) is 10.7. The van der Waals surface area contributed by atoms with Gasteiger partial charge in [0.05, 0.1) is 5.92 Å². The van der Waals surface area contributed by atoms with E-state index < -0.39 is 17.4 Å². The number of H-pyrrole nitrogens is 1. The number of nitrogens with one attached hydrogen (secondary N) is 1. The number of anilines is 1. The Hall–Kier alpha value is -1.78. The molecule has 5 nitrogen and oxygen atoms in total. The third-order valence-corrected chi connectivity index (χ3v) is 2.11. The number of hydrogen-bond acceptors (Lipinski definition) is 3. The zero-order valence-corrected chi connectivity index (χ0v) is 7.78. The highest BCUT2D eigenvalue weighted by Crippen LogP contribution is 2.22. The predicted octanol–water partition coefficient (Wildman–Crippen LogP) is 0.535. The van der Waals surface area contributed by atoms with E-state index in [1.54, 1.807) is 6.92 Å². The topological polar surface area (TPSA) is 96.2 Å². The van der Waals surface area contributed by atoms with Gasteiger partial charge in [-0.2, -0.15) is 0 Å². The predicted molar refractivity (Wildman–Crippen MR) is 52.1 cm³/mol. The number of aromatic amines is 1. The van der Waals surface area contributed by atoms with Gasteiger partial charge in [-0.1, -0.05) is 6.92 Å². The number of nitrogen functional groups attached to an aromatic ring is 1. The van der Waals surface area contributed by atoms with Crippen LogP contribution in [0.1, 0.15) is 24.8 Å². The third kappa shape index (κ3) is 1.76. The summed E-state index contributed by atoms with van der Waals surface area (Å²) in [6.45, 7) is 1.74. The molecule has 0 aliphatic carbocycles. The molecule has 1 aromatic rings. The maximum Gasteiger partial charge on any atom is 0.311 e. The van der Waals surface area contributed by atoms with Gasteiger partial charge in [0.1, 0.15) is 5.69 Å². The first-order valence-corrected chi connectivity index (χ1v) is 4.27. The average Bonchev–Trinajstić information content (AvgIpc) is 2.13. The third-order valence-electron chi connectivity index (χ3n) is 2.11. The lowest BCUT2D eigenvalue weighted by Crippen LogP contribution is -2.19. The summed E-state index contributed by atoms with van der Waals surface area (Å²) >= 11 is 0. The molecule has 1 rings (SSSR count). The van der Waals surface area contributed by atoms with Gasteiger partial charge in [-0.05, 0) is 18.1 Å². The van der Waals surface area contributed by atoms with Gasteiger partial charge in [0, 0.05) is 6.20 Å². The van der Waals surface area contributed by atoms with Crippen molar-refractivity contribution in [1.29, 1.82) is 0 Å². The number of pyridine rings is 1. The van der Waals surface area contributed by atoms with E-state index in [0.29, 0.717) is 12.0 Å². The van der Waals surface area contributed by atoms with E-state index >= 15 is 0 Å². The minimum Gasteiger partial charge on any atom is -0.481 e. The van der Waals surface area contributed by atoms with Crippen LogP contribution in [0.2, 0.25) is 0 Å². The summed E-state index contributed by atoms with van der Waals surface area (Å²) in [5.41, 5.74) is 5.41. The molecule has 0 aliphatic rings. The molecule has 1 aromatic heterocycles. The van der Waals surface area contributed by atoms with Crippen molar-refractivity contribution >= 4 is 11.7 Å². The molecule has 5 heteroatoms. The highest BCUT2D eigenvalue weighted by Gasteiger charge is 2.20. The van der Waals surface area contributed by atoms with Crippen molar-refractivity contribution < 1.29 is 9.90 Å². The van der Waals surface area contributed by atoms with Gasteiger partial charge >= 0.3 is 5.97 Å². The van der Waals surface area contributed by atoms with Crippen molar-refractivity contribution in [1.82, 2.24) is 4.98 Å². The van der Waals surface area contributed by atoms with Crippen LogP contribution in [0.15, 0.2) is 17.1 Å². The van der Waals surface area contributed by atoms with Crippen molar-refractivity contribution in [2.24, 2.45) is 0 Å². The SMILES string of the molecule is CCC(C(=O)O)c1cc[nH]c(=O)c1N. The van der Waals surface area contributed by atoms with Crippen LogP contribution >= 0.6 is 0 Å². The largest absolute Gasteiger partial charge is 0.481 e. The monoisotopic (exact) mass is 196 g/mol.